The zero-order chi connectivity index (χ0) is 24.6. The second-order valence-corrected chi connectivity index (χ2v) is 9.18. The summed E-state index contributed by atoms with van der Waals surface area (Å²) < 4.78 is 10.9. The quantitative estimate of drug-likeness (QED) is 0.371. The fourth-order valence-electron chi connectivity index (χ4n) is 4.02. The van der Waals surface area contributed by atoms with E-state index in [4.69, 9.17) is 9.15 Å². The number of nitrogens with one attached hydrogen (secondary N) is 3. The summed E-state index contributed by atoms with van der Waals surface area (Å²) in [6.07, 6.45) is 0.575. The van der Waals surface area contributed by atoms with Crippen molar-refractivity contribution in [2.24, 2.45) is 5.41 Å². The molecule has 3 heterocycles. The van der Waals surface area contributed by atoms with Crippen LogP contribution < -0.4 is 10.6 Å². The van der Waals surface area contributed by atoms with Crippen LogP contribution in [0, 0.1) is 12.3 Å². The zero-order valence-corrected chi connectivity index (χ0v) is 19.9. The van der Waals surface area contributed by atoms with Crippen molar-refractivity contribution in [1.29, 1.82) is 0 Å². The Morgan fingerprint density at radius 2 is 1.89 bits per heavy atom. The maximum atomic E-state index is 13.2. The zero-order valence-electron chi connectivity index (χ0n) is 19.9. The number of aromatic nitrogens is 3. The number of oxazole rings is 1. The number of hydrogen-bond acceptors (Lipinski definition) is 6. The van der Waals surface area contributed by atoms with Gasteiger partial charge in [0.2, 0.25) is 5.76 Å². The Bertz CT molecular complexity index is 1400. The first-order valence-corrected chi connectivity index (χ1v) is 11.6. The van der Waals surface area contributed by atoms with Crippen LogP contribution in [0.25, 0.3) is 22.4 Å². The van der Waals surface area contributed by atoms with Crippen LogP contribution in [0.5, 0.6) is 0 Å². The number of benzene rings is 2. The largest absolute Gasteiger partial charge is 0.435 e. The maximum Gasteiger partial charge on any atom is 0.293 e. The van der Waals surface area contributed by atoms with Crippen molar-refractivity contribution in [3.05, 3.63) is 65.4 Å². The number of fused-ring (bicyclic) bond motifs is 1. The highest BCUT2D eigenvalue weighted by atomic mass is 16.5. The summed E-state index contributed by atoms with van der Waals surface area (Å²) in [6.45, 7) is 7.34. The van der Waals surface area contributed by atoms with Crippen LogP contribution in [0.1, 0.15) is 46.3 Å². The van der Waals surface area contributed by atoms with Crippen molar-refractivity contribution in [3.8, 4) is 11.4 Å². The predicted molar refractivity (Wildman–Crippen MR) is 131 cm³/mol. The van der Waals surface area contributed by atoms with Crippen LogP contribution in [-0.4, -0.2) is 46.5 Å². The average molecular weight is 474 g/mol. The summed E-state index contributed by atoms with van der Waals surface area (Å²) in [5.74, 6) is 0.514. The van der Waals surface area contributed by atoms with Gasteiger partial charge in [-0.15, -0.1) is 0 Å². The van der Waals surface area contributed by atoms with Crippen molar-refractivity contribution in [2.75, 3.05) is 25.1 Å². The minimum absolute atomic E-state index is 0.0921. The molecule has 0 saturated carbocycles. The first-order chi connectivity index (χ1) is 16.8. The summed E-state index contributed by atoms with van der Waals surface area (Å²) in [6, 6.07) is 13.1. The van der Waals surface area contributed by atoms with Gasteiger partial charge in [0.15, 0.2) is 5.89 Å². The Morgan fingerprint density at radius 1 is 1.11 bits per heavy atom. The van der Waals surface area contributed by atoms with Crippen molar-refractivity contribution in [1.82, 2.24) is 20.3 Å². The number of amides is 2. The van der Waals surface area contributed by atoms with Gasteiger partial charge < -0.3 is 24.8 Å². The Kier molecular flexibility index (Phi) is 5.86. The Hall–Kier alpha value is -3.98. The van der Waals surface area contributed by atoms with E-state index >= 15 is 0 Å². The monoisotopic (exact) mass is 473 g/mol. The van der Waals surface area contributed by atoms with E-state index in [0.717, 1.165) is 5.56 Å². The van der Waals surface area contributed by atoms with Gasteiger partial charge >= 0.3 is 0 Å². The van der Waals surface area contributed by atoms with Gasteiger partial charge in [-0.2, -0.15) is 0 Å². The standard InChI is InChI=1S/C26H27N5O4/c1-4-21-28-15(2)22(35-21)25(33)31-18-11-20-19(29-23(30-20)16-8-6-5-7-9-16)10-17(18)24(32)27-12-26(3)13-34-14-26/h5-11H,4,12-14H2,1-3H3,(H,27,32)(H,29,30)(H,31,33). The molecule has 0 spiro atoms. The molecule has 2 aromatic carbocycles. The second kappa shape index (κ2) is 8.99. The predicted octanol–water partition coefficient (Wildman–Crippen LogP) is 4.11. The Labute approximate surface area is 202 Å². The lowest BCUT2D eigenvalue weighted by Gasteiger charge is -2.38. The number of imidazole rings is 1. The van der Waals surface area contributed by atoms with Gasteiger partial charge in [-0.1, -0.05) is 44.2 Å². The van der Waals surface area contributed by atoms with Crippen LogP contribution in [0.15, 0.2) is 46.9 Å². The van der Waals surface area contributed by atoms with Gasteiger partial charge in [0.25, 0.3) is 11.8 Å². The van der Waals surface area contributed by atoms with Crippen molar-refractivity contribution in [3.63, 3.8) is 0 Å². The number of hydrogen-bond donors (Lipinski definition) is 3. The van der Waals surface area contributed by atoms with E-state index in [1.54, 1.807) is 19.1 Å². The van der Waals surface area contributed by atoms with E-state index in [2.05, 4.69) is 32.5 Å². The van der Waals surface area contributed by atoms with E-state index in [0.29, 0.717) is 65.9 Å². The van der Waals surface area contributed by atoms with Crippen LogP contribution in [0.2, 0.25) is 0 Å². The van der Waals surface area contributed by atoms with Crippen molar-refractivity contribution < 1.29 is 18.7 Å². The van der Waals surface area contributed by atoms with Gasteiger partial charge in [-0.05, 0) is 19.1 Å². The molecule has 0 aliphatic carbocycles. The maximum absolute atomic E-state index is 13.2. The lowest BCUT2D eigenvalue weighted by molar-refractivity contribution is -0.0978. The fourth-order valence-corrected chi connectivity index (χ4v) is 4.02. The average Bonchev–Trinajstić information content (AvgIpc) is 3.44. The summed E-state index contributed by atoms with van der Waals surface area (Å²) in [7, 11) is 0. The van der Waals surface area contributed by atoms with E-state index in [9.17, 15) is 9.59 Å². The third-order valence-electron chi connectivity index (χ3n) is 6.09. The normalized spacial score (nSPS) is 14.5. The molecule has 1 aliphatic heterocycles. The molecule has 35 heavy (non-hydrogen) atoms. The molecule has 2 aromatic heterocycles. The molecular weight excluding hydrogens is 446 g/mol. The smallest absolute Gasteiger partial charge is 0.293 e. The van der Waals surface area contributed by atoms with Gasteiger partial charge in [-0.25, -0.2) is 9.97 Å². The minimum Gasteiger partial charge on any atom is -0.435 e. The molecule has 9 heteroatoms. The summed E-state index contributed by atoms with van der Waals surface area (Å²) in [4.78, 5) is 38.5. The van der Waals surface area contributed by atoms with Gasteiger partial charge in [0, 0.05) is 23.9 Å². The molecule has 1 fully saturated rings. The first kappa shape index (κ1) is 22.8. The second-order valence-electron chi connectivity index (χ2n) is 9.18. The lowest BCUT2D eigenvalue weighted by atomic mass is 9.88. The molecule has 0 atom stereocenters. The SMILES string of the molecule is CCc1nc(C)c(C(=O)Nc2cc3nc(-c4ccccc4)[nH]c3cc2C(=O)NCC2(C)COC2)o1. The van der Waals surface area contributed by atoms with Crippen LogP contribution in [0.4, 0.5) is 5.69 Å². The summed E-state index contributed by atoms with van der Waals surface area (Å²) in [5.41, 5.74) is 3.30. The molecule has 3 N–H and O–H groups in total. The number of rotatable bonds is 7. The lowest BCUT2D eigenvalue weighted by Crippen LogP contribution is -2.48. The Morgan fingerprint density at radius 3 is 2.54 bits per heavy atom. The molecule has 0 bridgehead atoms. The number of anilines is 1. The van der Waals surface area contributed by atoms with Gasteiger partial charge in [-0.3, -0.25) is 9.59 Å². The number of carbonyl (C=O) groups excluding carboxylic acids is 2. The molecule has 180 valence electrons. The third-order valence-corrected chi connectivity index (χ3v) is 6.09. The summed E-state index contributed by atoms with van der Waals surface area (Å²) >= 11 is 0. The highest BCUT2D eigenvalue weighted by molar-refractivity contribution is 6.10. The van der Waals surface area contributed by atoms with Gasteiger partial charge in [0.05, 0.1) is 41.2 Å². The van der Waals surface area contributed by atoms with E-state index < -0.39 is 5.91 Å². The molecule has 0 radical (unpaired) electrons. The molecule has 4 aromatic rings. The van der Waals surface area contributed by atoms with Crippen LogP contribution in [-0.2, 0) is 11.2 Å². The van der Waals surface area contributed by atoms with Crippen molar-refractivity contribution >= 4 is 28.5 Å². The number of aryl methyl sites for hydroxylation is 2. The first-order valence-electron chi connectivity index (χ1n) is 11.6. The summed E-state index contributed by atoms with van der Waals surface area (Å²) in [5, 5.41) is 5.82. The topological polar surface area (TPSA) is 122 Å². The van der Waals surface area contributed by atoms with Gasteiger partial charge in [0.1, 0.15) is 5.82 Å². The number of carbonyl (C=O) groups is 2. The minimum atomic E-state index is -0.471. The number of H-pyrrole nitrogens is 1. The van der Waals surface area contributed by atoms with E-state index in [1.807, 2.05) is 37.3 Å². The fraction of sp³-hybridized carbons (Fsp3) is 0.308. The molecule has 2 amide bonds. The third kappa shape index (κ3) is 4.54. The highest BCUT2D eigenvalue weighted by Gasteiger charge is 2.34. The molecule has 9 nitrogen and oxygen atoms in total. The van der Waals surface area contributed by atoms with Crippen LogP contribution >= 0.6 is 0 Å². The molecule has 1 saturated heterocycles. The number of ether oxygens (including phenoxy) is 1. The van der Waals surface area contributed by atoms with E-state index in [1.165, 1.54) is 0 Å². The molecular formula is C26H27N5O4. The Balaban J connectivity index is 1.50. The number of nitrogens with zero attached hydrogens (tertiary/aromatic N) is 2. The van der Waals surface area contributed by atoms with Crippen LogP contribution in [0.3, 0.4) is 0 Å². The number of aromatic amines is 1. The molecule has 0 unspecified atom stereocenters. The van der Waals surface area contributed by atoms with E-state index in [-0.39, 0.29) is 17.1 Å². The molecule has 5 rings (SSSR count). The molecule has 1 aliphatic rings. The van der Waals surface area contributed by atoms with Crippen molar-refractivity contribution in [2.45, 2.75) is 27.2 Å². The highest BCUT2D eigenvalue weighted by Crippen LogP contribution is 2.29.